The second-order valence-electron chi connectivity index (χ2n) is 4.11. The molecule has 0 heterocycles. The molecule has 0 aromatic carbocycles. The van der Waals surface area contributed by atoms with Crippen LogP contribution in [0, 0.1) is 0 Å². The van der Waals surface area contributed by atoms with Gasteiger partial charge in [-0.1, -0.05) is 13.8 Å². The van der Waals surface area contributed by atoms with E-state index in [1.54, 1.807) is 0 Å². The first kappa shape index (κ1) is 18.8. The fourth-order valence-corrected chi connectivity index (χ4v) is 1.39. The predicted octanol–water partition coefficient (Wildman–Crippen LogP) is -1.66. The number of carbonyl (C=O) groups excluding carboxylic acids is 2. The lowest BCUT2D eigenvalue weighted by Crippen LogP contribution is -2.51. The zero-order valence-electron chi connectivity index (χ0n) is 11.6. The molecule has 0 bridgehead atoms. The quantitative estimate of drug-likeness (QED) is 0.371. The van der Waals surface area contributed by atoms with Crippen LogP contribution < -0.4 is 0 Å². The SMILES string of the molecule is CCC(=O)O[C@@H]([C@H](O)[C@@H](O)CO)[C@@H](CO)OC(=O)CC. The monoisotopic (exact) mass is 294 g/mol. The van der Waals surface area contributed by atoms with Crippen molar-refractivity contribution in [2.75, 3.05) is 13.2 Å². The van der Waals surface area contributed by atoms with Gasteiger partial charge >= 0.3 is 11.9 Å². The van der Waals surface area contributed by atoms with Crippen LogP contribution in [0.5, 0.6) is 0 Å². The Balaban J connectivity index is 5.04. The van der Waals surface area contributed by atoms with E-state index in [9.17, 15) is 24.9 Å². The number of ether oxygens (including phenoxy) is 2. The summed E-state index contributed by atoms with van der Waals surface area (Å²) in [5.74, 6) is -1.36. The molecule has 0 aromatic heterocycles. The fraction of sp³-hybridized carbons (Fsp3) is 0.833. The first-order valence-corrected chi connectivity index (χ1v) is 6.37. The lowest BCUT2D eigenvalue weighted by molar-refractivity contribution is -0.189. The molecule has 0 saturated carbocycles. The van der Waals surface area contributed by atoms with E-state index in [4.69, 9.17) is 14.6 Å². The number of hydrogen-bond acceptors (Lipinski definition) is 8. The Kier molecular flexibility index (Phi) is 9.06. The molecule has 0 aliphatic carbocycles. The van der Waals surface area contributed by atoms with Crippen LogP contribution in [-0.4, -0.2) is 70.0 Å². The molecule has 0 amide bonds. The van der Waals surface area contributed by atoms with Gasteiger partial charge in [-0.05, 0) is 0 Å². The lowest BCUT2D eigenvalue weighted by atomic mass is 10.0. The van der Waals surface area contributed by atoms with Crippen LogP contribution in [0.1, 0.15) is 26.7 Å². The number of esters is 2. The maximum absolute atomic E-state index is 11.3. The highest BCUT2D eigenvalue weighted by Gasteiger charge is 2.37. The zero-order valence-corrected chi connectivity index (χ0v) is 11.6. The van der Waals surface area contributed by atoms with Crippen LogP contribution in [0.25, 0.3) is 0 Å². The number of aliphatic hydroxyl groups is 4. The second kappa shape index (κ2) is 9.65. The highest BCUT2D eigenvalue weighted by molar-refractivity contribution is 5.70. The van der Waals surface area contributed by atoms with Gasteiger partial charge in [0.15, 0.2) is 12.2 Å². The normalized spacial score (nSPS) is 16.9. The molecule has 0 aliphatic rings. The summed E-state index contributed by atoms with van der Waals surface area (Å²) >= 11 is 0. The molecule has 118 valence electrons. The summed E-state index contributed by atoms with van der Waals surface area (Å²) in [5, 5.41) is 37.2. The average Bonchev–Trinajstić information content (AvgIpc) is 2.48. The van der Waals surface area contributed by atoms with Gasteiger partial charge < -0.3 is 29.9 Å². The molecule has 0 aromatic rings. The summed E-state index contributed by atoms with van der Waals surface area (Å²) in [7, 11) is 0. The van der Waals surface area contributed by atoms with Crippen molar-refractivity contribution in [3.63, 3.8) is 0 Å². The molecule has 0 unspecified atom stereocenters. The molecule has 8 heteroatoms. The van der Waals surface area contributed by atoms with Gasteiger partial charge in [-0.15, -0.1) is 0 Å². The summed E-state index contributed by atoms with van der Waals surface area (Å²) in [5.41, 5.74) is 0. The van der Waals surface area contributed by atoms with Crippen LogP contribution in [0.2, 0.25) is 0 Å². The Labute approximate surface area is 116 Å². The van der Waals surface area contributed by atoms with Crippen molar-refractivity contribution < 1.29 is 39.5 Å². The van der Waals surface area contributed by atoms with Gasteiger partial charge in [0, 0.05) is 12.8 Å². The molecular formula is C12H22O8. The summed E-state index contributed by atoms with van der Waals surface area (Å²) in [4.78, 5) is 22.5. The molecule has 0 aliphatic heterocycles. The van der Waals surface area contributed by atoms with Crippen molar-refractivity contribution in [3.05, 3.63) is 0 Å². The summed E-state index contributed by atoms with van der Waals surface area (Å²) in [6.07, 6.45) is -6.06. The van der Waals surface area contributed by atoms with Gasteiger partial charge in [0.2, 0.25) is 0 Å². The number of hydrogen-bond donors (Lipinski definition) is 4. The molecule has 0 rings (SSSR count). The average molecular weight is 294 g/mol. The molecule has 20 heavy (non-hydrogen) atoms. The van der Waals surface area contributed by atoms with E-state index in [1.807, 2.05) is 0 Å². The minimum Gasteiger partial charge on any atom is -0.456 e. The van der Waals surface area contributed by atoms with Crippen LogP contribution in [0.4, 0.5) is 0 Å². The van der Waals surface area contributed by atoms with Crippen molar-refractivity contribution >= 4 is 11.9 Å². The molecular weight excluding hydrogens is 272 g/mol. The third-order valence-electron chi connectivity index (χ3n) is 2.59. The van der Waals surface area contributed by atoms with Gasteiger partial charge in [0.05, 0.1) is 13.2 Å². The van der Waals surface area contributed by atoms with Crippen molar-refractivity contribution in [2.24, 2.45) is 0 Å². The molecule has 0 radical (unpaired) electrons. The van der Waals surface area contributed by atoms with Gasteiger partial charge in [-0.3, -0.25) is 9.59 Å². The van der Waals surface area contributed by atoms with E-state index in [-0.39, 0.29) is 12.8 Å². The molecule has 8 nitrogen and oxygen atoms in total. The molecule has 0 fully saturated rings. The third kappa shape index (κ3) is 5.83. The first-order chi connectivity index (χ1) is 9.40. The van der Waals surface area contributed by atoms with E-state index in [2.05, 4.69) is 0 Å². The number of carbonyl (C=O) groups is 2. The van der Waals surface area contributed by atoms with E-state index < -0.39 is 49.6 Å². The van der Waals surface area contributed by atoms with Crippen molar-refractivity contribution in [3.8, 4) is 0 Å². The van der Waals surface area contributed by atoms with E-state index in [1.165, 1.54) is 13.8 Å². The van der Waals surface area contributed by atoms with Crippen LogP contribution >= 0.6 is 0 Å². The Morgan fingerprint density at radius 3 is 1.85 bits per heavy atom. The highest BCUT2D eigenvalue weighted by Crippen LogP contribution is 2.14. The topological polar surface area (TPSA) is 134 Å². The number of rotatable bonds is 9. The Morgan fingerprint density at radius 2 is 1.45 bits per heavy atom. The standard InChI is InChI=1S/C12H22O8/c1-3-9(16)19-8(6-14)12(20-10(17)4-2)11(18)7(15)5-13/h7-8,11-15,18H,3-6H2,1-2H3/t7-,8+,11+,12+/m0/s1. The first-order valence-electron chi connectivity index (χ1n) is 6.37. The maximum atomic E-state index is 11.3. The molecule has 0 spiro atoms. The van der Waals surface area contributed by atoms with E-state index in [0.717, 1.165) is 0 Å². The summed E-state index contributed by atoms with van der Waals surface area (Å²) < 4.78 is 9.74. The van der Waals surface area contributed by atoms with Crippen LogP contribution in [-0.2, 0) is 19.1 Å². The van der Waals surface area contributed by atoms with Crippen molar-refractivity contribution in [2.45, 2.75) is 51.1 Å². The summed E-state index contributed by atoms with van der Waals surface area (Å²) in [6.45, 7) is 1.56. The van der Waals surface area contributed by atoms with Gasteiger partial charge in [0.25, 0.3) is 0 Å². The second-order valence-corrected chi connectivity index (χ2v) is 4.11. The molecule has 4 N–H and O–H groups in total. The Morgan fingerprint density at radius 1 is 0.950 bits per heavy atom. The predicted molar refractivity (Wildman–Crippen MR) is 66.5 cm³/mol. The Bertz CT molecular complexity index is 306. The van der Waals surface area contributed by atoms with Crippen LogP contribution in [0.3, 0.4) is 0 Å². The van der Waals surface area contributed by atoms with Crippen LogP contribution in [0.15, 0.2) is 0 Å². The molecule has 0 saturated heterocycles. The van der Waals surface area contributed by atoms with E-state index >= 15 is 0 Å². The number of aliphatic hydroxyl groups excluding tert-OH is 4. The zero-order chi connectivity index (χ0) is 15.7. The van der Waals surface area contributed by atoms with Gasteiger partial charge in [-0.2, -0.15) is 0 Å². The van der Waals surface area contributed by atoms with Gasteiger partial charge in [0.1, 0.15) is 12.2 Å². The minimum atomic E-state index is -1.70. The minimum absolute atomic E-state index is 0.00167. The molecule has 4 atom stereocenters. The van der Waals surface area contributed by atoms with Crippen molar-refractivity contribution in [1.29, 1.82) is 0 Å². The lowest BCUT2D eigenvalue weighted by Gasteiger charge is -2.30. The smallest absolute Gasteiger partial charge is 0.306 e. The Hall–Kier alpha value is -1.22. The fourth-order valence-electron chi connectivity index (χ4n) is 1.39. The van der Waals surface area contributed by atoms with Gasteiger partial charge in [-0.25, -0.2) is 0 Å². The van der Waals surface area contributed by atoms with Crippen molar-refractivity contribution in [1.82, 2.24) is 0 Å². The summed E-state index contributed by atoms with van der Waals surface area (Å²) in [6, 6.07) is 0. The third-order valence-corrected chi connectivity index (χ3v) is 2.59. The maximum Gasteiger partial charge on any atom is 0.306 e. The largest absolute Gasteiger partial charge is 0.456 e. The highest BCUT2D eigenvalue weighted by atomic mass is 16.6. The van der Waals surface area contributed by atoms with E-state index in [0.29, 0.717) is 0 Å².